The van der Waals surface area contributed by atoms with Crippen molar-refractivity contribution in [2.24, 2.45) is 0 Å². The van der Waals surface area contributed by atoms with Crippen molar-refractivity contribution in [1.29, 1.82) is 0 Å². The highest BCUT2D eigenvalue weighted by Crippen LogP contribution is 2.21. The van der Waals surface area contributed by atoms with Gasteiger partial charge in [0.05, 0.1) is 6.10 Å². The first kappa shape index (κ1) is 14.9. The molecule has 0 radical (unpaired) electrons. The Morgan fingerprint density at radius 3 is 2.65 bits per heavy atom. The van der Waals surface area contributed by atoms with Crippen LogP contribution in [0.3, 0.4) is 0 Å². The van der Waals surface area contributed by atoms with Crippen molar-refractivity contribution in [2.75, 3.05) is 19.0 Å². The number of ether oxygens (including phenoxy) is 1. The van der Waals surface area contributed by atoms with E-state index in [-0.39, 0.29) is 11.9 Å². The van der Waals surface area contributed by atoms with Crippen molar-refractivity contribution >= 4 is 11.6 Å². The largest absolute Gasteiger partial charge is 0.385 e. The summed E-state index contributed by atoms with van der Waals surface area (Å²) in [6, 6.07) is 7.89. The van der Waals surface area contributed by atoms with Gasteiger partial charge in [-0.3, -0.25) is 4.79 Å². The van der Waals surface area contributed by atoms with Crippen LogP contribution in [-0.4, -0.2) is 31.7 Å². The van der Waals surface area contributed by atoms with Crippen molar-refractivity contribution in [2.45, 2.75) is 44.8 Å². The predicted octanol–water partition coefficient (Wildman–Crippen LogP) is 2.81. The number of methoxy groups -OCH3 is 1. The van der Waals surface area contributed by atoms with Gasteiger partial charge in [-0.25, -0.2) is 0 Å². The Morgan fingerprint density at radius 1 is 1.30 bits per heavy atom. The van der Waals surface area contributed by atoms with E-state index in [2.05, 4.69) is 17.6 Å². The van der Waals surface area contributed by atoms with Crippen LogP contribution < -0.4 is 10.6 Å². The summed E-state index contributed by atoms with van der Waals surface area (Å²) in [7, 11) is 1.73. The Hall–Kier alpha value is -1.55. The SMILES string of the molecule is CCCNc1ccc(C(=O)NC2CCC(OC)C2)cc1. The number of hydrogen-bond acceptors (Lipinski definition) is 3. The quantitative estimate of drug-likeness (QED) is 0.840. The molecule has 2 unspecified atom stereocenters. The molecule has 1 fully saturated rings. The summed E-state index contributed by atoms with van der Waals surface area (Å²) in [5.74, 6) is 0.00814. The van der Waals surface area contributed by atoms with Crippen molar-refractivity contribution < 1.29 is 9.53 Å². The van der Waals surface area contributed by atoms with Crippen molar-refractivity contribution in [3.63, 3.8) is 0 Å². The molecule has 0 aliphatic heterocycles. The van der Waals surface area contributed by atoms with E-state index < -0.39 is 0 Å². The fourth-order valence-electron chi connectivity index (χ4n) is 2.56. The van der Waals surface area contributed by atoms with Crippen molar-refractivity contribution in [3.8, 4) is 0 Å². The van der Waals surface area contributed by atoms with Crippen LogP contribution in [0.25, 0.3) is 0 Å². The molecule has 0 heterocycles. The first-order valence-electron chi connectivity index (χ1n) is 7.40. The van der Waals surface area contributed by atoms with E-state index in [1.54, 1.807) is 7.11 Å². The lowest BCUT2D eigenvalue weighted by molar-refractivity contribution is 0.0915. The van der Waals surface area contributed by atoms with Crippen LogP contribution in [0.2, 0.25) is 0 Å². The van der Waals surface area contributed by atoms with Crippen LogP contribution in [0.4, 0.5) is 5.69 Å². The number of amides is 1. The zero-order valence-corrected chi connectivity index (χ0v) is 12.3. The Bertz CT molecular complexity index is 431. The molecule has 2 atom stereocenters. The van der Waals surface area contributed by atoms with Gasteiger partial charge in [0.1, 0.15) is 0 Å². The minimum atomic E-state index is 0.00814. The summed E-state index contributed by atoms with van der Waals surface area (Å²) in [5, 5.41) is 6.38. The van der Waals surface area contributed by atoms with Gasteiger partial charge in [-0.15, -0.1) is 0 Å². The number of benzene rings is 1. The highest BCUT2D eigenvalue weighted by Gasteiger charge is 2.25. The summed E-state index contributed by atoms with van der Waals surface area (Å²) in [6.07, 6.45) is 4.32. The van der Waals surface area contributed by atoms with E-state index in [1.807, 2.05) is 24.3 Å². The van der Waals surface area contributed by atoms with Crippen LogP contribution in [0, 0.1) is 0 Å². The van der Waals surface area contributed by atoms with E-state index in [0.29, 0.717) is 11.7 Å². The Labute approximate surface area is 120 Å². The number of carbonyl (C=O) groups excluding carboxylic acids is 1. The van der Waals surface area contributed by atoms with Crippen LogP contribution in [-0.2, 0) is 4.74 Å². The fraction of sp³-hybridized carbons (Fsp3) is 0.562. The maximum Gasteiger partial charge on any atom is 0.251 e. The summed E-state index contributed by atoms with van der Waals surface area (Å²) < 4.78 is 5.32. The topological polar surface area (TPSA) is 50.4 Å². The van der Waals surface area contributed by atoms with E-state index in [1.165, 1.54) is 0 Å². The summed E-state index contributed by atoms with van der Waals surface area (Å²) in [4.78, 5) is 12.1. The number of nitrogens with one attached hydrogen (secondary N) is 2. The molecule has 0 spiro atoms. The Morgan fingerprint density at radius 2 is 2.05 bits per heavy atom. The molecule has 4 nitrogen and oxygen atoms in total. The average molecular weight is 276 g/mol. The smallest absolute Gasteiger partial charge is 0.251 e. The molecule has 1 amide bonds. The number of carbonyl (C=O) groups is 1. The van der Waals surface area contributed by atoms with E-state index in [4.69, 9.17) is 4.74 Å². The summed E-state index contributed by atoms with van der Waals surface area (Å²) >= 11 is 0. The van der Waals surface area contributed by atoms with Crippen molar-refractivity contribution in [3.05, 3.63) is 29.8 Å². The number of anilines is 1. The summed E-state index contributed by atoms with van der Waals surface area (Å²) in [5.41, 5.74) is 1.77. The van der Waals surface area contributed by atoms with Crippen LogP contribution in [0.15, 0.2) is 24.3 Å². The fourth-order valence-corrected chi connectivity index (χ4v) is 2.56. The standard InChI is InChI=1S/C16H24N2O2/c1-3-10-17-13-6-4-12(5-7-13)16(19)18-14-8-9-15(11-14)20-2/h4-7,14-15,17H,3,8-11H2,1-2H3,(H,18,19). The molecule has 1 aromatic carbocycles. The van der Waals surface area contributed by atoms with Gasteiger partial charge >= 0.3 is 0 Å². The molecule has 2 rings (SSSR count). The van der Waals surface area contributed by atoms with Gasteiger partial charge in [-0.1, -0.05) is 6.92 Å². The van der Waals surface area contributed by atoms with Gasteiger partial charge in [0, 0.05) is 30.9 Å². The zero-order valence-electron chi connectivity index (χ0n) is 12.3. The minimum absolute atomic E-state index is 0.00814. The Balaban J connectivity index is 1.86. The molecule has 1 saturated carbocycles. The van der Waals surface area contributed by atoms with E-state index >= 15 is 0 Å². The van der Waals surface area contributed by atoms with Gasteiger partial charge in [-0.2, -0.15) is 0 Å². The first-order valence-corrected chi connectivity index (χ1v) is 7.40. The third-order valence-electron chi connectivity index (χ3n) is 3.78. The molecular weight excluding hydrogens is 252 g/mol. The molecule has 2 N–H and O–H groups in total. The number of rotatable bonds is 6. The van der Waals surface area contributed by atoms with Gasteiger partial charge in [0.15, 0.2) is 0 Å². The zero-order chi connectivity index (χ0) is 14.4. The third kappa shape index (κ3) is 3.97. The lowest BCUT2D eigenvalue weighted by Crippen LogP contribution is -2.33. The molecule has 0 aromatic heterocycles. The van der Waals surface area contributed by atoms with Gasteiger partial charge < -0.3 is 15.4 Å². The lowest BCUT2D eigenvalue weighted by Gasteiger charge is -2.13. The second kappa shape index (κ2) is 7.29. The molecule has 0 saturated heterocycles. The third-order valence-corrected chi connectivity index (χ3v) is 3.78. The molecule has 4 heteroatoms. The number of hydrogen-bond donors (Lipinski definition) is 2. The average Bonchev–Trinajstić information content (AvgIpc) is 2.93. The molecular formula is C16H24N2O2. The molecule has 1 aromatic rings. The minimum Gasteiger partial charge on any atom is -0.385 e. The van der Waals surface area contributed by atoms with E-state index in [0.717, 1.165) is 37.9 Å². The lowest BCUT2D eigenvalue weighted by atomic mass is 10.1. The predicted molar refractivity (Wildman–Crippen MR) is 81.1 cm³/mol. The highest BCUT2D eigenvalue weighted by atomic mass is 16.5. The monoisotopic (exact) mass is 276 g/mol. The van der Waals surface area contributed by atoms with Crippen LogP contribution in [0.1, 0.15) is 43.0 Å². The summed E-state index contributed by atoms with van der Waals surface area (Å²) in [6.45, 7) is 3.08. The van der Waals surface area contributed by atoms with Crippen LogP contribution >= 0.6 is 0 Å². The van der Waals surface area contributed by atoms with Gasteiger partial charge in [0.2, 0.25) is 0 Å². The molecule has 1 aliphatic carbocycles. The molecule has 0 bridgehead atoms. The molecule has 20 heavy (non-hydrogen) atoms. The first-order chi connectivity index (χ1) is 9.72. The van der Waals surface area contributed by atoms with Crippen LogP contribution in [0.5, 0.6) is 0 Å². The molecule has 110 valence electrons. The normalized spacial score (nSPS) is 21.7. The van der Waals surface area contributed by atoms with E-state index in [9.17, 15) is 4.79 Å². The van der Waals surface area contributed by atoms with Gasteiger partial charge in [-0.05, 0) is 49.9 Å². The second-order valence-corrected chi connectivity index (χ2v) is 5.35. The maximum atomic E-state index is 12.1. The maximum absolute atomic E-state index is 12.1. The molecule has 1 aliphatic rings. The highest BCUT2D eigenvalue weighted by molar-refractivity contribution is 5.94. The second-order valence-electron chi connectivity index (χ2n) is 5.35. The Kier molecular flexibility index (Phi) is 5.41. The van der Waals surface area contributed by atoms with Gasteiger partial charge in [0.25, 0.3) is 5.91 Å². The van der Waals surface area contributed by atoms with Crippen molar-refractivity contribution in [1.82, 2.24) is 5.32 Å².